The number of benzene rings is 3. The summed E-state index contributed by atoms with van der Waals surface area (Å²) >= 11 is 0. The van der Waals surface area contributed by atoms with Crippen molar-refractivity contribution in [2.75, 3.05) is 5.32 Å². The molecule has 6 nitrogen and oxygen atoms in total. The molecule has 1 amide bonds. The highest BCUT2D eigenvalue weighted by Gasteiger charge is 2.19. The number of nitrogens with one attached hydrogen (secondary N) is 1. The Morgan fingerprint density at radius 1 is 0.935 bits per heavy atom. The van der Waals surface area contributed by atoms with Crippen molar-refractivity contribution in [3.8, 4) is 11.4 Å². The summed E-state index contributed by atoms with van der Waals surface area (Å²) in [7, 11) is 0. The number of hydrogen-bond donors (Lipinski definition) is 1. The Balaban J connectivity index is 1.54. The highest BCUT2D eigenvalue weighted by Crippen LogP contribution is 2.27. The lowest BCUT2D eigenvalue weighted by Crippen LogP contribution is -2.15. The number of hydrogen-bond acceptors (Lipinski definition) is 4. The lowest BCUT2D eigenvalue weighted by molar-refractivity contribution is 0.102. The number of nitrogens with zero attached hydrogens (tertiary/aromatic N) is 3. The molecule has 4 aromatic rings. The fraction of sp³-hybridized carbons (Fsp3) is 0.160. The third-order valence-corrected chi connectivity index (χ3v) is 5.01. The molecular formula is C25H24N4O2. The summed E-state index contributed by atoms with van der Waals surface area (Å²) in [5, 5.41) is 11.2. The fourth-order valence-corrected chi connectivity index (χ4v) is 3.24. The molecule has 1 heterocycles. The van der Waals surface area contributed by atoms with Crippen molar-refractivity contribution in [2.24, 2.45) is 0 Å². The molecular weight excluding hydrogens is 388 g/mol. The quantitative estimate of drug-likeness (QED) is 0.483. The second-order valence-corrected chi connectivity index (χ2v) is 7.50. The predicted octanol–water partition coefficient (Wildman–Crippen LogP) is 5.02. The molecule has 0 saturated carbocycles. The van der Waals surface area contributed by atoms with Gasteiger partial charge < -0.3 is 10.1 Å². The Labute approximate surface area is 181 Å². The van der Waals surface area contributed by atoms with Crippen LogP contribution >= 0.6 is 0 Å². The number of amides is 1. The Morgan fingerprint density at radius 2 is 1.65 bits per heavy atom. The second-order valence-electron chi connectivity index (χ2n) is 7.50. The summed E-state index contributed by atoms with van der Waals surface area (Å²) < 4.78 is 7.66. The zero-order valence-corrected chi connectivity index (χ0v) is 17.8. The number of aryl methyl sites for hydroxylation is 2. The maximum Gasteiger partial charge on any atom is 0.278 e. The van der Waals surface area contributed by atoms with Crippen LogP contribution in [0.2, 0.25) is 0 Å². The van der Waals surface area contributed by atoms with Gasteiger partial charge in [-0.05, 0) is 56.2 Å². The van der Waals surface area contributed by atoms with E-state index in [2.05, 4.69) is 15.6 Å². The SMILES string of the molecule is Cc1ccc(-n2nnc(C(=O)Nc3ccc(C)cc3OCc3ccccc3)c2C)cc1. The summed E-state index contributed by atoms with van der Waals surface area (Å²) in [6, 6.07) is 23.5. The second kappa shape index (κ2) is 8.83. The third kappa shape index (κ3) is 4.64. The van der Waals surface area contributed by atoms with Gasteiger partial charge in [0.2, 0.25) is 0 Å². The van der Waals surface area contributed by atoms with Crippen LogP contribution in [0, 0.1) is 20.8 Å². The smallest absolute Gasteiger partial charge is 0.278 e. The van der Waals surface area contributed by atoms with Gasteiger partial charge in [0.1, 0.15) is 12.4 Å². The highest BCUT2D eigenvalue weighted by atomic mass is 16.5. The van der Waals surface area contributed by atoms with Crippen LogP contribution in [0.25, 0.3) is 5.69 Å². The standard InChI is InChI=1S/C25H24N4O2/c1-17-9-12-21(13-10-17)29-19(3)24(27-28-29)25(30)26-22-14-11-18(2)15-23(22)31-16-20-7-5-4-6-8-20/h4-15H,16H2,1-3H3,(H,26,30). The first-order valence-corrected chi connectivity index (χ1v) is 10.1. The molecule has 0 aliphatic rings. The van der Waals surface area contributed by atoms with Gasteiger partial charge in [-0.3, -0.25) is 4.79 Å². The van der Waals surface area contributed by atoms with Gasteiger partial charge in [0.15, 0.2) is 5.69 Å². The number of ether oxygens (including phenoxy) is 1. The van der Waals surface area contributed by atoms with E-state index >= 15 is 0 Å². The van der Waals surface area contributed by atoms with E-state index in [0.717, 1.165) is 22.4 Å². The first kappa shape index (κ1) is 20.3. The van der Waals surface area contributed by atoms with Crippen molar-refractivity contribution in [1.82, 2.24) is 15.0 Å². The molecule has 0 fully saturated rings. The van der Waals surface area contributed by atoms with Crippen molar-refractivity contribution in [1.29, 1.82) is 0 Å². The van der Waals surface area contributed by atoms with E-state index in [0.29, 0.717) is 23.7 Å². The van der Waals surface area contributed by atoms with Crippen LogP contribution in [0.4, 0.5) is 5.69 Å². The predicted molar refractivity (Wildman–Crippen MR) is 121 cm³/mol. The van der Waals surface area contributed by atoms with Crippen molar-refractivity contribution in [3.05, 3.63) is 101 Å². The van der Waals surface area contributed by atoms with Crippen LogP contribution in [-0.2, 0) is 6.61 Å². The van der Waals surface area contributed by atoms with E-state index in [1.54, 1.807) is 4.68 Å². The summed E-state index contributed by atoms with van der Waals surface area (Å²) in [6.45, 7) is 6.25. The molecule has 0 aliphatic heterocycles. The highest BCUT2D eigenvalue weighted by molar-refractivity contribution is 6.04. The average Bonchev–Trinajstić information content (AvgIpc) is 3.16. The van der Waals surface area contributed by atoms with E-state index in [1.165, 1.54) is 0 Å². The molecule has 1 N–H and O–H groups in total. The van der Waals surface area contributed by atoms with E-state index in [1.807, 2.05) is 93.6 Å². The molecule has 3 aromatic carbocycles. The van der Waals surface area contributed by atoms with Gasteiger partial charge >= 0.3 is 0 Å². The van der Waals surface area contributed by atoms with Crippen LogP contribution in [0.5, 0.6) is 5.75 Å². The lowest BCUT2D eigenvalue weighted by Gasteiger charge is -2.13. The van der Waals surface area contributed by atoms with Gasteiger partial charge in [0, 0.05) is 0 Å². The Bertz CT molecular complexity index is 1200. The molecule has 0 saturated heterocycles. The molecule has 0 radical (unpaired) electrons. The normalized spacial score (nSPS) is 10.7. The van der Waals surface area contributed by atoms with Crippen LogP contribution in [0.3, 0.4) is 0 Å². The van der Waals surface area contributed by atoms with E-state index in [-0.39, 0.29) is 11.6 Å². The summed E-state index contributed by atoms with van der Waals surface area (Å²) in [6.07, 6.45) is 0. The molecule has 1 aromatic heterocycles. The number of carbonyl (C=O) groups excluding carboxylic acids is 1. The van der Waals surface area contributed by atoms with Crippen LogP contribution in [0.1, 0.15) is 32.9 Å². The molecule has 31 heavy (non-hydrogen) atoms. The van der Waals surface area contributed by atoms with Crippen molar-refractivity contribution in [3.63, 3.8) is 0 Å². The van der Waals surface area contributed by atoms with Crippen molar-refractivity contribution < 1.29 is 9.53 Å². The summed E-state index contributed by atoms with van der Waals surface area (Å²) in [4.78, 5) is 13.0. The lowest BCUT2D eigenvalue weighted by atomic mass is 10.2. The molecule has 0 aliphatic carbocycles. The fourth-order valence-electron chi connectivity index (χ4n) is 3.24. The summed E-state index contributed by atoms with van der Waals surface area (Å²) in [5.74, 6) is 0.282. The molecule has 156 valence electrons. The maximum absolute atomic E-state index is 13.0. The van der Waals surface area contributed by atoms with Gasteiger partial charge in [-0.15, -0.1) is 5.10 Å². The monoisotopic (exact) mass is 412 g/mol. The summed E-state index contributed by atoms with van der Waals surface area (Å²) in [5.41, 5.74) is 5.64. The first-order valence-electron chi connectivity index (χ1n) is 10.1. The minimum absolute atomic E-state index is 0.273. The van der Waals surface area contributed by atoms with Crippen molar-refractivity contribution >= 4 is 11.6 Å². The largest absolute Gasteiger partial charge is 0.487 e. The van der Waals surface area contributed by atoms with Gasteiger partial charge in [0.25, 0.3) is 5.91 Å². The third-order valence-electron chi connectivity index (χ3n) is 5.01. The molecule has 0 spiro atoms. The van der Waals surface area contributed by atoms with Crippen molar-refractivity contribution in [2.45, 2.75) is 27.4 Å². The minimum Gasteiger partial charge on any atom is -0.487 e. The van der Waals surface area contributed by atoms with Gasteiger partial charge in [-0.1, -0.05) is 59.3 Å². The van der Waals surface area contributed by atoms with E-state index < -0.39 is 0 Å². The topological polar surface area (TPSA) is 69.0 Å². The first-order chi connectivity index (χ1) is 15.0. The van der Waals surface area contributed by atoms with E-state index in [9.17, 15) is 4.79 Å². The number of rotatable bonds is 6. The van der Waals surface area contributed by atoms with Crippen LogP contribution in [-0.4, -0.2) is 20.9 Å². The van der Waals surface area contributed by atoms with Gasteiger partial charge in [-0.2, -0.15) is 0 Å². The molecule has 0 bridgehead atoms. The zero-order chi connectivity index (χ0) is 21.8. The average molecular weight is 412 g/mol. The molecule has 6 heteroatoms. The van der Waals surface area contributed by atoms with Crippen LogP contribution < -0.4 is 10.1 Å². The Kier molecular flexibility index (Phi) is 5.80. The van der Waals surface area contributed by atoms with Crippen LogP contribution in [0.15, 0.2) is 72.8 Å². The van der Waals surface area contributed by atoms with Gasteiger partial charge in [-0.25, -0.2) is 4.68 Å². The number of anilines is 1. The molecule has 4 rings (SSSR count). The van der Waals surface area contributed by atoms with E-state index in [4.69, 9.17) is 4.74 Å². The Morgan fingerprint density at radius 3 is 2.39 bits per heavy atom. The number of carbonyl (C=O) groups is 1. The molecule has 0 atom stereocenters. The van der Waals surface area contributed by atoms with Gasteiger partial charge in [0.05, 0.1) is 17.1 Å². The number of aromatic nitrogens is 3. The minimum atomic E-state index is -0.329. The maximum atomic E-state index is 13.0. The zero-order valence-electron chi connectivity index (χ0n) is 17.8. The molecule has 0 unspecified atom stereocenters. The Hall–Kier alpha value is -3.93.